The van der Waals surface area contributed by atoms with Crippen LogP contribution in [0.2, 0.25) is 0 Å². The summed E-state index contributed by atoms with van der Waals surface area (Å²) in [5.41, 5.74) is 0. The minimum atomic E-state index is -4.97. The van der Waals surface area contributed by atoms with Gasteiger partial charge in [0.2, 0.25) is 0 Å². The highest BCUT2D eigenvalue weighted by Gasteiger charge is 2.31. The van der Waals surface area contributed by atoms with Crippen LogP contribution in [0, 0.1) is 0 Å². The van der Waals surface area contributed by atoms with Gasteiger partial charge in [-0.25, -0.2) is 9.13 Å². The standard InChI is InChI=1S/C93H182O17P2/c1-5-9-13-17-21-25-29-33-36-39-41-43-44-46-49-52-56-60-64-68-72-76-80-93(98)110-89(84-104-91(96)78-74-70-66-62-58-54-50-48-45-42-40-37-34-30-26-22-18-14-10-6-2)86-108-112(101,102)106-82-87(94)81-105-111(99,100)107-85-88(83-103-90(95)77-73-69-65-61-57-53-32-28-24-20-16-12-8-4)109-92(97)79-75-71-67-63-59-55-51-47-38-35-31-27-23-19-15-11-7-3/h87-89,94H,5-86H2,1-4H3,(H,99,100)(H,101,102)/t87-,88+,89+/m0/s1. The molecule has 0 aromatic carbocycles. The minimum Gasteiger partial charge on any atom is -0.462 e. The average Bonchev–Trinajstić information content (AvgIpc) is 0.898. The van der Waals surface area contributed by atoms with Gasteiger partial charge in [0.1, 0.15) is 19.3 Å². The lowest BCUT2D eigenvalue weighted by molar-refractivity contribution is -0.161. The summed E-state index contributed by atoms with van der Waals surface area (Å²) in [6.07, 6.45) is 84.8. The summed E-state index contributed by atoms with van der Waals surface area (Å²) in [5, 5.41) is 10.7. The fourth-order valence-electron chi connectivity index (χ4n) is 14.8. The van der Waals surface area contributed by atoms with Crippen molar-refractivity contribution in [3.05, 3.63) is 0 Å². The van der Waals surface area contributed by atoms with E-state index in [0.29, 0.717) is 25.7 Å². The molecule has 0 aromatic heterocycles. The Morgan fingerprint density at radius 2 is 0.357 bits per heavy atom. The molecule has 0 saturated heterocycles. The molecule has 0 fully saturated rings. The van der Waals surface area contributed by atoms with Gasteiger partial charge < -0.3 is 33.8 Å². The van der Waals surface area contributed by atoms with Crippen LogP contribution in [0.15, 0.2) is 0 Å². The minimum absolute atomic E-state index is 0.110. The van der Waals surface area contributed by atoms with Gasteiger partial charge in [0.25, 0.3) is 0 Å². The summed E-state index contributed by atoms with van der Waals surface area (Å²) in [7, 11) is -9.94. The molecule has 3 N–H and O–H groups in total. The Balaban J connectivity index is 5.24. The molecule has 0 heterocycles. The van der Waals surface area contributed by atoms with Gasteiger partial charge in [-0.15, -0.1) is 0 Å². The average molecular weight is 1630 g/mol. The number of carbonyl (C=O) groups is 4. The smallest absolute Gasteiger partial charge is 0.462 e. The maximum atomic E-state index is 13.2. The molecule has 0 rings (SSSR count). The Labute approximate surface area is 689 Å². The van der Waals surface area contributed by atoms with Gasteiger partial charge in [0, 0.05) is 25.7 Å². The first kappa shape index (κ1) is 110. The molecule has 19 heteroatoms. The molecule has 0 aromatic rings. The second-order valence-corrected chi connectivity index (χ2v) is 36.3. The number of unbranched alkanes of at least 4 members (excludes halogenated alkanes) is 68. The zero-order valence-electron chi connectivity index (χ0n) is 73.7. The fourth-order valence-corrected chi connectivity index (χ4v) is 16.3. The summed E-state index contributed by atoms with van der Waals surface area (Å²) in [4.78, 5) is 73.5. The highest BCUT2D eigenvalue weighted by atomic mass is 31.2. The largest absolute Gasteiger partial charge is 0.472 e. The summed E-state index contributed by atoms with van der Waals surface area (Å²) >= 11 is 0. The molecule has 666 valence electrons. The van der Waals surface area contributed by atoms with Crippen molar-refractivity contribution >= 4 is 39.5 Å². The number of aliphatic hydroxyl groups excluding tert-OH is 1. The number of phosphoric ester groups is 2. The van der Waals surface area contributed by atoms with Crippen molar-refractivity contribution in [2.75, 3.05) is 39.6 Å². The van der Waals surface area contributed by atoms with E-state index < -0.39 is 97.5 Å². The van der Waals surface area contributed by atoms with E-state index in [9.17, 15) is 43.2 Å². The van der Waals surface area contributed by atoms with Crippen LogP contribution in [0.4, 0.5) is 0 Å². The van der Waals surface area contributed by atoms with Crippen molar-refractivity contribution in [1.29, 1.82) is 0 Å². The number of rotatable bonds is 94. The topological polar surface area (TPSA) is 237 Å². The summed E-state index contributed by atoms with van der Waals surface area (Å²) in [6.45, 7) is 5.10. The molecule has 2 unspecified atom stereocenters. The van der Waals surface area contributed by atoms with E-state index in [2.05, 4.69) is 27.7 Å². The van der Waals surface area contributed by atoms with Crippen molar-refractivity contribution in [2.45, 2.75) is 534 Å². The van der Waals surface area contributed by atoms with Gasteiger partial charge in [0.15, 0.2) is 12.2 Å². The SMILES string of the molecule is CCCCCCCCCCCCCCCCCCCCCCCCC(=O)O[C@H](COC(=O)CCCCCCCCCCCCCCCCCCCCCC)COP(=O)(O)OC[C@@H](O)COP(=O)(O)OC[C@@H](COC(=O)CCCCCCCCCCCCCCC)OC(=O)CCCCCCCCCCCCCCCCCCC. The van der Waals surface area contributed by atoms with E-state index in [1.807, 2.05) is 0 Å². The maximum absolute atomic E-state index is 13.2. The predicted octanol–water partition coefficient (Wildman–Crippen LogP) is 29.3. The van der Waals surface area contributed by atoms with Crippen molar-refractivity contribution < 1.29 is 80.2 Å². The second kappa shape index (κ2) is 86.9. The molecule has 0 bridgehead atoms. The number of phosphoric acid groups is 2. The molecule has 0 aliphatic rings. The molecular weight excluding hydrogens is 1450 g/mol. The van der Waals surface area contributed by atoms with Gasteiger partial charge in [-0.05, 0) is 25.7 Å². The molecule has 112 heavy (non-hydrogen) atoms. The van der Waals surface area contributed by atoms with Crippen LogP contribution in [0.5, 0.6) is 0 Å². The third-order valence-corrected chi connectivity index (χ3v) is 24.0. The Morgan fingerprint density at radius 1 is 0.214 bits per heavy atom. The van der Waals surface area contributed by atoms with E-state index in [0.717, 1.165) is 89.9 Å². The van der Waals surface area contributed by atoms with Crippen LogP contribution in [-0.2, 0) is 65.4 Å². The van der Waals surface area contributed by atoms with Crippen molar-refractivity contribution in [3.63, 3.8) is 0 Å². The number of esters is 4. The van der Waals surface area contributed by atoms with E-state index >= 15 is 0 Å². The highest BCUT2D eigenvalue weighted by Crippen LogP contribution is 2.45. The Kier molecular flexibility index (Phi) is 85.4. The number of carbonyl (C=O) groups excluding carboxylic acids is 4. The van der Waals surface area contributed by atoms with Gasteiger partial charge in [-0.1, -0.05) is 464 Å². The van der Waals surface area contributed by atoms with E-state index in [4.69, 9.17) is 37.0 Å². The molecule has 0 aliphatic heterocycles. The van der Waals surface area contributed by atoms with Crippen molar-refractivity contribution in [3.8, 4) is 0 Å². The predicted molar refractivity (Wildman–Crippen MR) is 465 cm³/mol. The monoisotopic (exact) mass is 1630 g/mol. The normalized spacial score (nSPS) is 13.6. The zero-order chi connectivity index (χ0) is 81.7. The van der Waals surface area contributed by atoms with Crippen LogP contribution in [0.25, 0.3) is 0 Å². The summed E-state index contributed by atoms with van der Waals surface area (Å²) in [6, 6.07) is 0. The molecule has 5 atom stereocenters. The van der Waals surface area contributed by atoms with Crippen molar-refractivity contribution in [2.24, 2.45) is 0 Å². The zero-order valence-corrected chi connectivity index (χ0v) is 75.5. The Morgan fingerprint density at radius 3 is 0.527 bits per heavy atom. The Bertz CT molecular complexity index is 2100. The number of ether oxygens (including phenoxy) is 4. The van der Waals surface area contributed by atoms with Gasteiger partial charge in [0.05, 0.1) is 26.4 Å². The van der Waals surface area contributed by atoms with Crippen LogP contribution in [0.1, 0.15) is 516 Å². The third kappa shape index (κ3) is 85.9. The molecule has 0 amide bonds. The van der Waals surface area contributed by atoms with Gasteiger partial charge in [-0.2, -0.15) is 0 Å². The van der Waals surface area contributed by atoms with Gasteiger partial charge in [-0.3, -0.25) is 37.3 Å². The quantitative estimate of drug-likeness (QED) is 0.0222. The lowest BCUT2D eigenvalue weighted by Crippen LogP contribution is -2.30. The molecule has 17 nitrogen and oxygen atoms in total. The lowest BCUT2D eigenvalue weighted by Gasteiger charge is -2.21. The molecule has 0 spiro atoms. The van der Waals surface area contributed by atoms with Crippen LogP contribution in [-0.4, -0.2) is 96.7 Å². The number of aliphatic hydroxyl groups is 1. The lowest BCUT2D eigenvalue weighted by atomic mass is 10.0. The highest BCUT2D eigenvalue weighted by molar-refractivity contribution is 7.47. The number of hydrogen-bond acceptors (Lipinski definition) is 15. The van der Waals surface area contributed by atoms with Crippen LogP contribution in [0.3, 0.4) is 0 Å². The molecule has 0 aliphatic carbocycles. The second-order valence-electron chi connectivity index (χ2n) is 33.4. The maximum Gasteiger partial charge on any atom is 0.472 e. The first-order chi connectivity index (χ1) is 54.7. The molecule has 0 saturated carbocycles. The van der Waals surface area contributed by atoms with Crippen molar-refractivity contribution in [1.82, 2.24) is 0 Å². The van der Waals surface area contributed by atoms with E-state index in [1.54, 1.807) is 0 Å². The third-order valence-electron chi connectivity index (χ3n) is 22.1. The summed E-state index contributed by atoms with van der Waals surface area (Å²) < 4.78 is 69.2. The first-order valence-corrected chi connectivity index (χ1v) is 51.3. The molecule has 0 radical (unpaired) electrons. The molecular formula is C93H182O17P2. The van der Waals surface area contributed by atoms with E-state index in [1.165, 1.54) is 347 Å². The fraction of sp³-hybridized carbons (Fsp3) is 0.957. The van der Waals surface area contributed by atoms with E-state index in [-0.39, 0.29) is 25.7 Å². The first-order valence-electron chi connectivity index (χ1n) is 48.3. The summed E-state index contributed by atoms with van der Waals surface area (Å²) in [5.74, 6) is -2.09. The Hall–Kier alpha value is -1.94. The van der Waals surface area contributed by atoms with Crippen LogP contribution >= 0.6 is 15.6 Å². The number of hydrogen-bond donors (Lipinski definition) is 3. The van der Waals surface area contributed by atoms with Gasteiger partial charge >= 0.3 is 39.5 Å². The van der Waals surface area contributed by atoms with Crippen LogP contribution < -0.4 is 0 Å².